The molecule has 0 radical (unpaired) electrons. The third kappa shape index (κ3) is 6.01. The maximum absolute atomic E-state index is 12.9. The summed E-state index contributed by atoms with van der Waals surface area (Å²) >= 11 is 0. The number of ether oxygens (including phenoxy) is 3. The summed E-state index contributed by atoms with van der Waals surface area (Å²) in [6.07, 6.45) is 6.12. The van der Waals surface area contributed by atoms with Gasteiger partial charge >= 0.3 is 0 Å². The van der Waals surface area contributed by atoms with Crippen molar-refractivity contribution in [1.29, 1.82) is 5.26 Å². The summed E-state index contributed by atoms with van der Waals surface area (Å²) in [7, 11) is 4.43. The number of carbonyl (C=O) groups excluding carboxylic acids is 2. The van der Waals surface area contributed by atoms with Crippen LogP contribution >= 0.6 is 0 Å². The minimum absolute atomic E-state index is 0.0972. The summed E-state index contributed by atoms with van der Waals surface area (Å²) in [5.41, 5.74) is 0.293. The predicted octanol–water partition coefficient (Wildman–Crippen LogP) is 2.42. The Morgan fingerprint density at radius 3 is 2.24 bits per heavy atom. The largest absolute Gasteiger partial charge is 0.493 e. The van der Waals surface area contributed by atoms with E-state index in [4.69, 9.17) is 19.5 Å². The number of hydrogen-bond donors (Lipinski definition) is 2. The fourth-order valence-electron chi connectivity index (χ4n) is 3.69. The SMILES string of the molecule is COc1cc(C(=O)N[C@@H](CC2CCCCC2)C(=O)NCC#N)cc(OC)c1OC. The number of benzene rings is 1. The van der Waals surface area contributed by atoms with Gasteiger partial charge in [-0.15, -0.1) is 0 Å². The number of nitrogens with one attached hydrogen (secondary N) is 2. The number of amides is 2. The van der Waals surface area contributed by atoms with E-state index in [2.05, 4.69) is 10.6 Å². The molecule has 0 aromatic heterocycles. The van der Waals surface area contributed by atoms with Crippen LogP contribution in [0.1, 0.15) is 48.9 Å². The second-order valence-corrected chi connectivity index (χ2v) is 7.06. The quantitative estimate of drug-likeness (QED) is 0.613. The van der Waals surface area contributed by atoms with E-state index in [9.17, 15) is 9.59 Å². The van der Waals surface area contributed by atoms with Gasteiger partial charge < -0.3 is 24.8 Å². The first-order valence-electron chi connectivity index (χ1n) is 9.79. The highest BCUT2D eigenvalue weighted by molar-refractivity contribution is 5.98. The molecule has 2 amide bonds. The zero-order chi connectivity index (χ0) is 21.2. The zero-order valence-corrected chi connectivity index (χ0v) is 17.2. The Hall–Kier alpha value is -2.95. The molecular weight excluding hydrogens is 374 g/mol. The molecule has 158 valence electrons. The van der Waals surface area contributed by atoms with Gasteiger partial charge in [-0.1, -0.05) is 32.1 Å². The molecule has 1 atom stereocenters. The van der Waals surface area contributed by atoms with Crippen molar-refractivity contribution >= 4 is 11.8 Å². The molecule has 29 heavy (non-hydrogen) atoms. The van der Waals surface area contributed by atoms with Crippen LogP contribution in [0.25, 0.3) is 0 Å². The van der Waals surface area contributed by atoms with Gasteiger partial charge in [0.25, 0.3) is 5.91 Å². The van der Waals surface area contributed by atoms with Gasteiger partial charge in [-0.05, 0) is 24.5 Å². The number of rotatable bonds is 9. The molecule has 2 N–H and O–H groups in total. The molecule has 0 unspecified atom stereocenters. The maximum atomic E-state index is 12.9. The Morgan fingerprint density at radius 1 is 1.10 bits per heavy atom. The zero-order valence-electron chi connectivity index (χ0n) is 17.2. The Bertz CT molecular complexity index is 728. The van der Waals surface area contributed by atoms with Crippen molar-refractivity contribution in [2.45, 2.75) is 44.6 Å². The molecule has 8 heteroatoms. The van der Waals surface area contributed by atoms with Crippen LogP contribution in [-0.2, 0) is 4.79 Å². The molecule has 0 heterocycles. The van der Waals surface area contributed by atoms with Gasteiger partial charge in [-0.2, -0.15) is 5.26 Å². The summed E-state index contributed by atoms with van der Waals surface area (Å²) in [6, 6.07) is 4.27. The normalized spacial score (nSPS) is 15.0. The number of carbonyl (C=O) groups is 2. The Balaban J connectivity index is 2.21. The first-order chi connectivity index (χ1) is 14.0. The van der Waals surface area contributed by atoms with Crippen molar-refractivity contribution in [2.75, 3.05) is 27.9 Å². The summed E-state index contributed by atoms with van der Waals surface area (Å²) < 4.78 is 15.9. The van der Waals surface area contributed by atoms with Crippen LogP contribution in [0.3, 0.4) is 0 Å². The van der Waals surface area contributed by atoms with Crippen LogP contribution in [0, 0.1) is 17.2 Å². The summed E-state index contributed by atoms with van der Waals surface area (Å²) in [6.45, 7) is -0.0972. The van der Waals surface area contributed by atoms with E-state index in [0.717, 1.165) is 25.7 Å². The lowest BCUT2D eigenvalue weighted by Gasteiger charge is -2.26. The minimum atomic E-state index is -0.710. The minimum Gasteiger partial charge on any atom is -0.493 e. The fraction of sp³-hybridized carbons (Fsp3) is 0.571. The van der Waals surface area contributed by atoms with E-state index >= 15 is 0 Å². The van der Waals surface area contributed by atoms with Gasteiger partial charge in [0.05, 0.1) is 27.4 Å². The first-order valence-corrected chi connectivity index (χ1v) is 9.79. The number of nitriles is 1. The van der Waals surface area contributed by atoms with Crippen LogP contribution in [-0.4, -0.2) is 45.7 Å². The van der Waals surface area contributed by atoms with Crippen LogP contribution in [0.4, 0.5) is 0 Å². The molecule has 8 nitrogen and oxygen atoms in total. The molecule has 0 bridgehead atoms. The van der Waals surface area contributed by atoms with E-state index in [1.54, 1.807) is 12.1 Å². The molecule has 2 rings (SSSR count). The summed E-state index contributed by atoms with van der Waals surface area (Å²) in [5, 5.41) is 14.1. The second-order valence-electron chi connectivity index (χ2n) is 7.06. The molecular formula is C21H29N3O5. The van der Waals surface area contributed by atoms with Crippen molar-refractivity contribution < 1.29 is 23.8 Å². The van der Waals surface area contributed by atoms with E-state index < -0.39 is 11.9 Å². The van der Waals surface area contributed by atoms with Gasteiger partial charge in [0.2, 0.25) is 11.7 Å². The lowest BCUT2D eigenvalue weighted by atomic mass is 9.84. The van der Waals surface area contributed by atoms with Crippen molar-refractivity contribution in [1.82, 2.24) is 10.6 Å². The van der Waals surface area contributed by atoms with Crippen molar-refractivity contribution in [3.63, 3.8) is 0 Å². The van der Waals surface area contributed by atoms with Crippen LogP contribution in [0.2, 0.25) is 0 Å². The summed E-state index contributed by atoms with van der Waals surface area (Å²) in [4.78, 5) is 25.4. The smallest absolute Gasteiger partial charge is 0.252 e. The van der Waals surface area contributed by atoms with Crippen molar-refractivity contribution in [3.8, 4) is 23.3 Å². The van der Waals surface area contributed by atoms with Crippen LogP contribution < -0.4 is 24.8 Å². The third-order valence-corrected chi connectivity index (χ3v) is 5.18. The van der Waals surface area contributed by atoms with Gasteiger partial charge in [-0.3, -0.25) is 9.59 Å². The molecule has 0 aliphatic heterocycles. The lowest BCUT2D eigenvalue weighted by Crippen LogP contribution is -2.48. The average molecular weight is 403 g/mol. The fourth-order valence-corrected chi connectivity index (χ4v) is 3.69. The topological polar surface area (TPSA) is 110 Å². The van der Waals surface area contributed by atoms with E-state index in [-0.39, 0.29) is 12.5 Å². The second kappa shape index (κ2) is 11.1. The van der Waals surface area contributed by atoms with E-state index in [0.29, 0.717) is 35.2 Å². The molecule has 1 aliphatic rings. The Labute approximate surface area is 171 Å². The summed E-state index contributed by atoms with van der Waals surface area (Å²) in [5.74, 6) is 0.707. The molecule has 0 saturated heterocycles. The monoisotopic (exact) mass is 403 g/mol. The third-order valence-electron chi connectivity index (χ3n) is 5.18. The molecule has 1 aliphatic carbocycles. The average Bonchev–Trinajstić information content (AvgIpc) is 2.76. The molecule has 1 fully saturated rings. The maximum Gasteiger partial charge on any atom is 0.252 e. The van der Waals surface area contributed by atoms with Gasteiger partial charge in [0, 0.05) is 5.56 Å². The van der Waals surface area contributed by atoms with Crippen molar-refractivity contribution in [3.05, 3.63) is 17.7 Å². The van der Waals surface area contributed by atoms with Crippen molar-refractivity contribution in [2.24, 2.45) is 5.92 Å². The van der Waals surface area contributed by atoms with E-state index in [1.165, 1.54) is 27.8 Å². The highest BCUT2D eigenvalue weighted by Crippen LogP contribution is 2.38. The molecule has 1 saturated carbocycles. The molecule has 1 aromatic carbocycles. The molecule has 1 aromatic rings. The van der Waals surface area contributed by atoms with E-state index in [1.807, 2.05) is 6.07 Å². The highest BCUT2D eigenvalue weighted by Gasteiger charge is 2.27. The number of hydrogen-bond acceptors (Lipinski definition) is 6. The Kier molecular flexibility index (Phi) is 8.59. The van der Waals surface area contributed by atoms with Gasteiger partial charge in [-0.25, -0.2) is 0 Å². The predicted molar refractivity (Wildman–Crippen MR) is 107 cm³/mol. The van der Waals surface area contributed by atoms with Crippen LogP contribution in [0.5, 0.6) is 17.2 Å². The lowest BCUT2D eigenvalue weighted by molar-refractivity contribution is -0.123. The standard InChI is InChI=1S/C21H29N3O5/c1-27-17-12-15(13-18(28-2)19(17)29-3)20(25)24-16(21(26)23-10-9-22)11-14-7-5-4-6-8-14/h12-14,16H,4-8,10-11H2,1-3H3,(H,23,26)(H,24,25)/t16-/m0/s1. The Morgan fingerprint density at radius 2 is 1.72 bits per heavy atom. The number of nitrogens with zero attached hydrogens (tertiary/aromatic N) is 1. The van der Waals surface area contributed by atoms with Gasteiger partial charge in [0.1, 0.15) is 12.6 Å². The highest BCUT2D eigenvalue weighted by atomic mass is 16.5. The van der Waals surface area contributed by atoms with Crippen LogP contribution in [0.15, 0.2) is 12.1 Å². The first kappa shape index (κ1) is 22.3. The molecule has 0 spiro atoms. The van der Waals surface area contributed by atoms with Gasteiger partial charge in [0.15, 0.2) is 11.5 Å². The number of methoxy groups -OCH3 is 3.